The number of carbonyl (C=O) groups is 1. The number of β-amino-alcohol motifs (C(OH)–C–C–N with tert-alkyl or cyclic N) is 1. The van der Waals surface area contributed by atoms with Gasteiger partial charge in [-0.1, -0.05) is 15.9 Å². The van der Waals surface area contributed by atoms with Crippen LogP contribution < -0.4 is 0 Å². The van der Waals surface area contributed by atoms with Crippen molar-refractivity contribution in [3.63, 3.8) is 0 Å². The number of nitrogens with zero attached hydrogens (tertiary/aromatic N) is 1. The zero-order valence-electron chi connectivity index (χ0n) is 7.57. The molecule has 1 rings (SSSR count). The van der Waals surface area contributed by atoms with Crippen LogP contribution in [0.15, 0.2) is 0 Å². The molecule has 13 heavy (non-hydrogen) atoms. The van der Waals surface area contributed by atoms with Gasteiger partial charge in [0.25, 0.3) is 0 Å². The Labute approximate surface area is 86.0 Å². The Balaban J connectivity index is 2.28. The number of aliphatic hydroxyl groups is 1. The minimum Gasteiger partial charge on any atom is -0.468 e. The molecule has 0 aliphatic carbocycles. The zero-order valence-corrected chi connectivity index (χ0v) is 9.16. The molecule has 76 valence electrons. The van der Waals surface area contributed by atoms with Crippen LogP contribution in [0.5, 0.6) is 0 Å². The van der Waals surface area contributed by atoms with E-state index in [2.05, 4.69) is 20.7 Å². The fourth-order valence-corrected chi connectivity index (χ4v) is 2.00. The van der Waals surface area contributed by atoms with Crippen molar-refractivity contribution in [2.45, 2.75) is 17.4 Å². The summed E-state index contributed by atoms with van der Waals surface area (Å²) in [5.74, 6) is -0.263. The highest BCUT2D eigenvalue weighted by Crippen LogP contribution is 2.12. The summed E-state index contributed by atoms with van der Waals surface area (Å²) < 4.78 is 4.57. The number of hydrogen-bond acceptors (Lipinski definition) is 4. The standard InChI is InChI=1S/C8H14BrNO3/c1-13-8(12)7(9)5-10-3-2-6(11)4-10/h6-7,11H,2-5H2,1H3. The van der Waals surface area contributed by atoms with E-state index in [1.54, 1.807) is 0 Å². The average Bonchev–Trinajstić information content (AvgIpc) is 2.49. The molecule has 0 spiro atoms. The number of likely N-dealkylation sites (tertiary alicyclic amines) is 1. The van der Waals surface area contributed by atoms with Gasteiger partial charge in [0.1, 0.15) is 4.83 Å². The van der Waals surface area contributed by atoms with Crippen LogP contribution in [0, 0.1) is 0 Å². The van der Waals surface area contributed by atoms with Gasteiger partial charge in [0, 0.05) is 19.6 Å². The first kappa shape index (κ1) is 10.9. The fourth-order valence-electron chi connectivity index (χ4n) is 1.41. The molecule has 1 N–H and O–H groups in total. The van der Waals surface area contributed by atoms with Crippen LogP contribution >= 0.6 is 15.9 Å². The van der Waals surface area contributed by atoms with Gasteiger partial charge >= 0.3 is 5.97 Å². The monoisotopic (exact) mass is 251 g/mol. The summed E-state index contributed by atoms with van der Waals surface area (Å²) >= 11 is 3.24. The van der Waals surface area contributed by atoms with Gasteiger partial charge in [0.2, 0.25) is 0 Å². The molecule has 0 radical (unpaired) electrons. The highest BCUT2D eigenvalue weighted by molar-refractivity contribution is 9.10. The normalized spacial score (nSPS) is 25.9. The highest BCUT2D eigenvalue weighted by Gasteiger charge is 2.25. The van der Waals surface area contributed by atoms with Gasteiger partial charge in [-0.05, 0) is 6.42 Å². The number of ether oxygens (including phenoxy) is 1. The second kappa shape index (κ2) is 4.93. The van der Waals surface area contributed by atoms with Crippen molar-refractivity contribution in [3.05, 3.63) is 0 Å². The van der Waals surface area contributed by atoms with Crippen LogP contribution in [0.2, 0.25) is 0 Å². The lowest BCUT2D eigenvalue weighted by Gasteiger charge is -2.17. The molecule has 1 saturated heterocycles. The van der Waals surface area contributed by atoms with Crippen molar-refractivity contribution in [2.75, 3.05) is 26.7 Å². The topological polar surface area (TPSA) is 49.8 Å². The van der Waals surface area contributed by atoms with Gasteiger partial charge in [-0.25, -0.2) is 0 Å². The SMILES string of the molecule is COC(=O)C(Br)CN1CCC(O)C1. The molecule has 5 heteroatoms. The van der Waals surface area contributed by atoms with Crippen molar-refractivity contribution in [2.24, 2.45) is 0 Å². The van der Waals surface area contributed by atoms with E-state index in [9.17, 15) is 9.90 Å². The van der Waals surface area contributed by atoms with E-state index in [-0.39, 0.29) is 16.9 Å². The Kier molecular flexibility index (Phi) is 4.15. The molecular weight excluding hydrogens is 238 g/mol. The maximum Gasteiger partial charge on any atom is 0.320 e. The lowest BCUT2D eigenvalue weighted by atomic mass is 10.3. The van der Waals surface area contributed by atoms with Crippen molar-refractivity contribution in [1.29, 1.82) is 0 Å². The Bertz CT molecular complexity index is 188. The molecule has 4 nitrogen and oxygen atoms in total. The summed E-state index contributed by atoms with van der Waals surface area (Å²) in [5, 5.41) is 9.24. The third kappa shape index (κ3) is 3.25. The first-order chi connectivity index (χ1) is 6.13. The molecule has 1 aliphatic rings. The number of aliphatic hydroxyl groups excluding tert-OH is 1. The van der Waals surface area contributed by atoms with Gasteiger partial charge in [-0.2, -0.15) is 0 Å². The second-order valence-electron chi connectivity index (χ2n) is 3.19. The summed E-state index contributed by atoms with van der Waals surface area (Å²) in [6.45, 7) is 2.10. The molecule has 0 aromatic heterocycles. The van der Waals surface area contributed by atoms with E-state index >= 15 is 0 Å². The molecule has 0 saturated carbocycles. The Morgan fingerprint density at radius 3 is 3.00 bits per heavy atom. The minimum absolute atomic E-state index is 0.239. The van der Waals surface area contributed by atoms with Gasteiger partial charge in [-0.3, -0.25) is 9.69 Å². The minimum atomic E-state index is -0.289. The molecular formula is C8H14BrNO3. The van der Waals surface area contributed by atoms with Gasteiger partial charge in [-0.15, -0.1) is 0 Å². The maximum absolute atomic E-state index is 11.0. The van der Waals surface area contributed by atoms with E-state index in [0.717, 1.165) is 13.0 Å². The van der Waals surface area contributed by atoms with Gasteiger partial charge < -0.3 is 9.84 Å². The van der Waals surface area contributed by atoms with E-state index in [1.165, 1.54) is 7.11 Å². The first-order valence-corrected chi connectivity index (χ1v) is 5.17. The van der Waals surface area contributed by atoms with E-state index < -0.39 is 0 Å². The number of rotatable bonds is 3. The smallest absolute Gasteiger partial charge is 0.320 e. The summed E-state index contributed by atoms with van der Waals surface area (Å²) in [6.07, 6.45) is 0.554. The van der Waals surface area contributed by atoms with Gasteiger partial charge in [0.15, 0.2) is 0 Å². The van der Waals surface area contributed by atoms with Crippen molar-refractivity contribution >= 4 is 21.9 Å². The van der Waals surface area contributed by atoms with Crippen LogP contribution in [0.25, 0.3) is 0 Å². The number of methoxy groups -OCH3 is 1. The van der Waals surface area contributed by atoms with Crippen molar-refractivity contribution in [1.82, 2.24) is 4.90 Å². The number of halogens is 1. The molecule has 2 unspecified atom stereocenters. The Hall–Kier alpha value is -0.130. The van der Waals surface area contributed by atoms with Crippen LogP contribution in [0.3, 0.4) is 0 Å². The zero-order chi connectivity index (χ0) is 9.84. The summed E-state index contributed by atoms with van der Waals surface area (Å²) in [6, 6.07) is 0. The lowest BCUT2D eigenvalue weighted by molar-refractivity contribution is -0.140. The second-order valence-corrected chi connectivity index (χ2v) is 4.30. The molecule has 0 amide bonds. The van der Waals surface area contributed by atoms with Crippen LogP contribution in [-0.2, 0) is 9.53 Å². The highest BCUT2D eigenvalue weighted by atomic mass is 79.9. The molecule has 0 bridgehead atoms. The molecule has 2 atom stereocenters. The molecule has 1 aliphatic heterocycles. The molecule has 1 heterocycles. The molecule has 1 fully saturated rings. The van der Waals surface area contributed by atoms with Crippen LogP contribution in [0.1, 0.15) is 6.42 Å². The largest absolute Gasteiger partial charge is 0.468 e. The third-order valence-electron chi connectivity index (χ3n) is 2.12. The van der Waals surface area contributed by atoms with Crippen molar-refractivity contribution in [3.8, 4) is 0 Å². The number of alkyl halides is 1. The fraction of sp³-hybridized carbons (Fsp3) is 0.875. The summed E-state index contributed by atoms with van der Waals surface area (Å²) in [5.41, 5.74) is 0. The average molecular weight is 252 g/mol. The Morgan fingerprint density at radius 2 is 2.54 bits per heavy atom. The van der Waals surface area contributed by atoms with E-state index in [0.29, 0.717) is 13.1 Å². The number of hydrogen-bond donors (Lipinski definition) is 1. The van der Waals surface area contributed by atoms with Crippen molar-refractivity contribution < 1.29 is 14.6 Å². The van der Waals surface area contributed by atoms with Crippen LogP contribution in [-0.4, -0.2) is 53.7 Å². The predicted octanol–water partition coefficient (Wildman–Crippen LogP) is -0.0105. The predicted molar refractivity (Wildman–Crippen MR) is 51.8 cm³/mol. The third-order valence-corrected chi connectivity index (χ3v) is 2.79. The van der Waals surface area contributed by atoms with E-state index in [4.69, 9.17) is 0 Å². The summed E-state index contributed by atoms with van der Waals surface area (Å²) in [4.78, 5) is 12.8. The van der Waals surface area contributed by atoms with Gasteiger partial charge in [0.05, 0.1) is 13.2 Å². The maximum atomic E-state index is 11.0. The number of carbonyl (C=O) groups excluding carboxylic acids is 1. The lowest BCUT2D eigenvalue weighted by Crippen LogP contribution is -2.33. The Morgan fingerprint density at radius 1 is 1.85 bits per heavy atom. The number of esters is 1. The first-order valence-electron chi connectivity index (χ1n) is 4.26. The summed E-state index contributed by atoms with van der Waals surface area (Å²) in [7, 11) is 1.37. The quantitative estimate of drug-likeness (QED) is 0.567. The molecule has 0 aromatic rings. The molecule has 0 aromatic carbocycles. The van der Waals surface area contributed by atoms with Crippen LogP contribution in [0.4, 0.5) is 0 Å². The van der Waals surface area contributed by atoms with E-state index in [1.807, 2.05) is 4.90 Å².